The minimum Gasteiger partial charge on any atom is -0.348 e. The topological polar surface area (TPSA) is 70.6 Å². The van der Waals surface area contributed by atoms with Crippen LogP contribution >= 0.6 is 0 Å². The van der Waals surface area contributed by atoms with Crippen molar-refractivity contribution in [1.82, 2.24) is 10.7 Å². The third-order valence-corrected chi connectivity index (χ3v) is 3.84. The molecule has 0 aromatic carbocycles. The molecule has 0 radical (unpaired) electrons. The van der Waals surface area contributed by atoms with Crippen molar-refractivity contribution in [3.8, 4) is 0 Å². The van der Waals surface area contributed by atoms with Gasteiger partial charge in [-0.3, -0.25) is 9.59 Å². The summed E-state index contributed by atoms with van der Waals surface area (Å²) >= 11 is 0. The molecule has 0 saturated heterocycles. The van der Waals surface area contributed by atoms with Crippen molar-refractivity contribution in [3.63, 3.8) is 0 Å². The van der Waals surface area contributed by atoms with Gasteiger partial charge in [0.1, 0.15) is 5.71 Å². The maximum atomic E-state index is 12.0. The lowest BCUT2D eigenvalue weighted by Gasteiger charge is -2.23. The standard InChI is InChI=1S/C13H21N3O2/c1-9-5-3-2-4-6-10(9)14-13(18)11-7-8-12(17)16-15-11/h9-10H,2-8H2,1H3,(H,14,18)(H,16,17). The predicted molar refractivity (Wildman–Crippen MR) is 69.0 cm³/mol. The van der Waals surface area contributed by atoms with E-state index < -0.39 is 0 Å². The van der Waals surface area contributed by atoms with E-state index in [2.05, 4.69) is 22.8 Å². The fraction of sp³-hybridized carbons (Fsp3) is 0.769. The zero-order valence-electron chi connectivity index (χ0n) is 10.9. The minimum atomic E-state index is -0.117. The quantitative estimate of drug-likeness (QED) is 0.727. The predicted octanol–water partition coefficient (Wildman–Crippen LogP) is 1.34. The molecule has 18 heavy (non-hydrogen) atoms. The average molecular weight is 251 g/mol. The maximum absolute atomic E-state index is 12.0. The second-order valence-electron chi connectivity index (χ2n) is 5.29. The fourth-order valence-corrected chi connectivity index (χ4v) is 2.60. The summed E-state index contributed by atoms with van der Waals surface area (Å²) < 4.78 is 0. The van der Waals surface area contributed by atoms with Crippen LogP contribution < -0.4 is 10.7 Å². The molecule has 0 bridgehead atoms. The SMILES string of the molecule is CC1CCCCCC1NC(=O)C1=NNC(=O)CC1. The molecule has 0 aromatic heterocycles. The van der Waals surface area contributed by atoms with Crippen LogP contribution in [0.1, 0.15) is 51.9 Å². The van der Waals surface area contributed by atoms with Crippen LogP contribution in [0.5, 0.6) is 0 Å². The summed E-state index contributed by atoms with van der Waals surface area (Å²) in [4.78, 5) is 23.0. The minimum absolute atomic E-state index is 0.116. The van der Waals surface area contributed by atoms with Gasteiger partial charge in [0, 0.05) is 18.9 Å². The van der Waals surface area contributed by atoms with Gasteiger partial charge in [0.2, 0.25) is 5.91 Å². The molecule has 2 rings (SSSR count). The zero-order valence-corrected chi connectivity index (χ0v) is 10.9. The number of hydrazone groups is 1. The molecule has 2 amide bonds. The van der Waals surface area contributed by atoms with E-state index in [0.717, 1.165) is 6.42 Å². The summed E-state index contributed by atoms with van der Waals surface area (Å²) in [5.74, 6) is 0.290. The first kappa shape index (κ1) is 13.1. The lowest BCUT2D eigenvalue weighted by Crippen LogP contribution is -2.44. The fourth-order valence-electron chi connectivity index (χ4n) is 2.60. The largest absolute Gasteiger partial charge is 0.348 e. The smallest absolute Gasteiger partial charge is 0.267 e. The molecular formula is C13H21N3O2. The summed E-state index contributed by atoms with van der Waals surface area (Å²) in [5, 5.41) is 6.90. The van der Waals surface area contributed by atoms with Crippen molar-refractivity contribution in [1.29, 1.82) is 0 Å². The van der Waals surface area contributed by atoms with Gasteiger partial charge in [-0.1, -0.05) is 26.2 Å². The Kier molecular flexibility index (Phi) is 4.33. The molecule has 2 aliphatic rings. The molecule has 100 valence electrons. The Morgan fingerprint density at radius 2 is 2.06 bits per heavy atom. The molecule has 1 aliphatic carbocycles. The highest BCUT2D eigenvalue weighted by Gasteiger charge is 2.25. The molecule has 0 aromatic rings. The van der Waals surface area contributed by atoms with Gasteiger partial charge < -0.3 is 5.32 Å². The Hall–Kier alpha value is -1.39. The van der Waals surface area contributed by atoms with E-state index in [9.17, 15) is 9.59 Å². The summed E-state index contributed by atoms with van der Waals surface area (Å²) in [6.07, 6.45) is 6.71. The van der Waals surface area contributed by atoms with Gasteiger partial charge >= 0.3 is 0 Å². The molecule has 2 unspecified atom stereocenters. The van der Waals surface area contributed by atoms with Crippen LogP contribution in [-0.4, -0.2) is 23.6 Å². The highest BCUT2D eigenvalue weighted by Crippen LogP contribution is 2.23. The zero-order chi connectivity index (χ0) is 13.0. The van der Waals surface area contributed by atoms with Gasteiger partial charge in [0.05, 0.1) is 0 Å². The van der Waals surface area contributed by atoms with Gasteiger partial charge in [0.25, 0.3) is 5.91 Å². The number of amides is 2. The molecule has 5 heteroatoms. The van der Waals surface area contributed by atoms with Gasteiger partial charge in [-0.05, 0) is 18.8 Å². The molecule has 1 fully saturated rings. The van der Waals surface area contributed by atoms with Gasteiger partial charge in [-0.15, -0.1) is 0 Å². The lowest BCUT2D eigenvalue weighted by molar-refractivity contribution is -0.121. The first-order valence-electron chi connectivity index (χ1n) is 6.83. The van der Waals surface area contributed by atoms with E-state index in [1.165, 1.54) is 25.7 Å². The molecular weight excluding hydrogens is 230 g/mol. The molecule has 1 heterocycles. The second kappa shape index (κ2) is 5.98. The monoisotopic (exact) mass is 251 g/mol. The molecule has 1 aliphatic heterocycles. The first-order valence-corrected chi connectivity index (χ1v) is 6.83. The molecule has 2 N–H and O–H groups in total. The van der Waals surface area contributed by atoms with E-state index in [1.54, 1.807) is 0 Å². The van der Waals surface area contributed by atoms with Crippen LogP contribution in [0.3, 0.4) is 0 Å². The normalized spacial score (nSPS) is 28.9. The highest BCUT2D eigenvalue weighted by atomic mass is 16.2. The van der Waals surface area contributed by atoms with E-state index in [1.807, 2.05) is 0 Å². The number of hydrogen-bond donors (Lipinski definition) is 2. The third kappa shape index (κ3) is 3.31. The molecule has 2 atom stereocenters. The highest BCUT2D eigenvalue weighted by molar-refractivity contribution is 6.39. The Morgan fingerprint density at radius 1 is 1.28 bits per heavy atom. The van der Waals surface area contributed by atoms with Crippen LogP contribution in [0.4, 0.5) is 0 Å². The van der Waals surface area contributed by atoms with Crippen molar-refractivity contribution in [3.05, 3.63) is 0 Å². The Bertz CT molecular complexity index is 365. The van der Waals surface area contributed by atoms with Gasteiger partial charge in [-0.2, -0.15) is 5.10 Å². The van der Waals surface area contributed by atoms with Crippen LogP contribution in [0, 0.1) is 5.92 Å². The van der Waals surface area contributed by atoms with Crippen LogP contribution in [-0.2, 0) is 9.59 Å². The van der Waals surface area contributed by atoms with Crippen molar-refractivity contribution in [2.24, 2.45) is 11.0 Å². The van der Waals surface area contributed by atoms with E-state index in [-0.39, 0.29) is 17.9 Å². The van der Waals surface area contributed by atoms with Crippen molar-refractivity contribution >= 4 is 17.5 Å². The third-order valence-electron chi connectivity index (χ3n) is 3.84. The maximum Gasteiger partial charge on any atom is 0.267 e. The number of rotatable bonds is 2. The summed E-state index contributed by atoms with van der Waals surface area (Å²) in [5.41, 5.74) is 2.81. The van der Waals surface area contributed by atoms with Crippen LogP contribution in [0.15, 0.2) is 5.10 Å². The van der Waals surface area contributed by atoms with Gasteiger partial charge in [0.15, 0.2) is 0 Å². The number of nitrogens with one attached hydrogen (secondary N) is 2. The van der Waals surface area contributed by atoms with E-state index in [4.69, 9.17) is 0 Å². The lowest BCUT2D eigenvalue weighted by atomic mass is 9.96. The Labute approximate surface area is 107 Å². The number of nitrogens with zero attached hydrogens (tertiary/aromatic N) is 1. The van der Waals surface area contributed by atoms with Crippen molar-refractivity contribution in [2.45, 2.75) is 57.9 Å². The molecule has 1 saturated carbocycles. The van der Waals surface area contributed by atoms with Crippen molar-refractivity contribution in [2.75, 3.05) is 0 Å². The van der Waals surface area contributed by atoms with E-state index in [0.29, 0.717) is 24.5 Å². The van der Waals surface area contributed by atoms with Crippen LogP contribution in [0.25, 0.3) is 0 Å². The van der Waals surface area contributed by atoms with E-state index >= 15 is 0 Å². The number of hydrogen-bond acceptors (Lipinski definition) is 3. The Balaban J connectivity index is 1.91. The summed E-state index contributed by atoms with van der Waals surface area (Å²) in [6.45, 7) is 2.20. The molecule has 0 spiro atoms. The summed E-state index contributed by atoms with van der Waals surface area (Å²) in [6, 6.07) is 0.250. The Morgan fingerprint density at radius 3 is 2.78 bits per heavy atom. The van der Waals surface area contributed by atoms with Crippen molar-refractivity contribution < 1.29 is 9.59 Å². The molecule has 5 nitrogen and oxygen atoms in total. The summed E-state index contributed by atoms with van der Waals surface area (Å²) in [7, 11) is 0. The number of carbonyl (C=O) groups is 2. The van der Waals surface area contributed by atoms with Crippen LogP contribution in [0.2, 0.25) is 0 Å². The first-order chi connectivity index (χ1) is 8.66. The van der Waals surface area contributed by atoms with Gasteiger partial charge in [-0.25, -0.2) is 5.43 Å². The number of carbonyl (C=O) groups excluding carboxylic acids is 2. The average Bonchev–Trinajstić information content (AvgIpc) is 2.56. The second-order valence-corrected chi connectivity index (χ2v) is 5.29.